The van der Waals surface area contributed by atoms with Gasteiger partial charge in [-0.25, -0.2) is 0 Å². The molecule has 0 unspecified atom stereocenters. The lowest BCUT2D eigenvalue weighted by Crippen LogP contribution is -2.48. The molecule has 2 aromatic rings. The molecular formula is C18H22F2N4O3. The number of aromatic nitrogens is 2. The minimum Gasteiger partial charge on any atom is -0.434 e. The van der Waals surface area contributed by atoms with Crippen LogP contribution in [0.25, 0.3) is 0 Å². The maximum absolute atomic E-state index is 12.7. The van der Waals surface area contributed by atoms with E-state index in [9.17, 15) is 13.6 Å². The number of amides is 1. The Morgan fingerprint density at radius 1 is 1.26 bits per heavy atom. The summed E-state index contributed by atoms with van der Waals surface area (Å²) in [5.41, 5.74) is 0.146. The molecule has 0 spiro atoms. The molecular weight excluding hydrogens is 358 g/mol. The fourth-order valence-electron chi connectivity index (χ4n) is 2.99. The molecule has 0 saturated carbocycles. The van der Waals surface area contributed by atoms with Gasteiger partial charge in [-0.2, -0.15) is 13.8 Å². The second-order valence-corrected chi connectivity index (χ2v) is 6.30. The summed E-state index contributed by atoms with van der Waals surface area (Å²) < 4.78 is 34.8. The Bertz CT molecular complexity index is 761. The molecule has 1 aliphatic heterocycles. The lowest BCUT2D eigenvalue weighted by Gasteiger charge is -2.34. The molecule has 2 heterocycles. The topological polar surface area (TPSA) is 71.7 Å². The van der Waals surface area contributed by atoms with Crippen LogP contribution in [0.15, 0.2) is 28.8 Å². The van der Waals surface area contributed by atoms with Gasteiger partial charge in [-0.3, -0.25) is 9.69 Å². The predicted octanol–water partition coefficient (Wildman–Crippen LogP) is 2.58. The Kier molecular flexibility index (Phi) is 6.33. The number of rotatable bonds is 7. The van der Waals surface area contributed by atoms with Gasteiger partial charge in [0.15, 0.2) is 5.82 Å². The van der Waals surface area contributed by atoms with Crippen LogP contribution < -0.4 is 4.74 Å². The van der Waals surface area contributed by atoms with Crippen LogP contribution in [-0.2, 0) is 13.0 Å². The first-order valence-corrected chi connectivity index (χ1v) is 8.93. The van der Waals surface area contributed by atoms with E-state index in [0.717, 1.165) is 12.8 Å². The molecule has 7 nitrogen and oxygen atoms in total. The number of piperazine rings is 1. The number of ether oxygens (including phenoxy) is 1. The van der Waals surface area contributed by atoms with E-state index in [1.807, 2.05) is 0 Å². The zero-order valence-corrected chi connectivity index (χ0v) is 15.1. The van der Waals surface area contributed by atoms with Crippen molar-refractivity contribution in [2.45, 2.75) is 32.9 Å². The number of carbonyl (C=O) groups excluding carboxylic acids is 1. The molecule has 1 saturated heterocycles. The molecule has 146 valence electrons. The second kappa shape index (κ2) is 8.90. The zero-order valence-electron chi connectivity index (χ0n) is 15.1. The third-order valence-electron chi connectivity index (χ3n) is 4.34. The second-order valence-electron chi connectivity index (χ2n) is 6.30. The van der Waals surface area contributed by atoms with Gasteiger partial charge >= 0.3 is 6.61 Å². The van der Waals surface area contributed by atoms with Gasteiger partial charge in [0, 0.05) is 32.6 Å². The minimum absolute atomic E-state index is 0.103. The first kappa shape index (κ1) is 19.2. The Morgan fingerprint density at radius 2 is 2.00 bits per heavy atom. The fraction of sp³-hybridized carbons (Fsp3) is 0.500. The molecule has 1 aromatic heterocycles. The van der Waals surface area contributed by atoms with Crippen molar-refractivity contribution in [2.24, 2.45) is 0 Å². The number of aryl methyl sites for hydroxylation is 1. The lowest BCUT2D eigenvalue weighted by atomic mass is 10.1. The minimum atomic E-state index is -2.97. The van der Waals surface area contributed by atoms with Gasteiger partial charge in [-0.15, -0.1) is 0 Å². The standard InChI is InChI=1S/C18H22F2N4O3/c1-2-5-15-21-16(27-22-15)12-23-8-10-24(11-9-23)17(25)13-6-3-4-7-14(13)26-18(19)20/h3-4,6-7,18H,2,5,8-12H2,1H3. The van der Waals surface area contributed by atoms with Gasteiger partial charge in [0.1, 0.15) is 5.75 Å². The summed E-state index contributed by atoms with van der Waals surface area (Å²) in [5.74, 6) is 0.856. The average Bonchev–Trinajstić information content (AvgIpc) is 3.09. The Labute approximate surface area is 155 Å². The molecule has 0 aliphatic carbocycles. The van der Waals surface area contributed by atoms with Crippen molar-refractivity contribution in [3.63, 3.8) is 0 Å². The highest BCUT2D eigenvalue weighted by Gasteiger charge is 2.25. The third kappa shape index (κ3) is 5.00. The normalized spacial score (nSPS) is 15.3. The molecule has 27 heavy (non-hydrogen) atoms. The van der Waals surface area contributed by atoms with E-state index in [2.05, 4.69) is 26.7 Å². The van der Waals surface area contributed by atoms with Crippen LogP contribution in [0.3, 0.4) is 0 Å². The summed E-state index contributed by atoms with van der Waals surface area (Å²) in [6.07, 6.45) is 1.74. The van der Waals surface area contributed by atoms with Crippen molar-refractivity contribution in [1.29, 1.82) is 0 Å². The van der Waals surface area contributed by atoms with Crippen molar-refractivity contribution in [3.05, 3.63) is 41.5 Å². The van der Waals surface area contributed by atoms with Gasteiger partial charge < -0.3 is 14.2 Å². The van der Waals surface area contributed by atoms with E-state index in [-0.39, 0.29) is 17.2 Å². The van der Waals surface area contributed by atoms with Gasteiger partial charge in [-0.1, -0.05) is 24.2 Å². The number of carbonyl (C=O) groups is 1. The summed E-state index contributed by atoms with van der Waals surface area (Å²) in [7, 11) is 0. The first-order valence-electron chi connectivity index (χ1n) is 8.93. The van der Waals surface area contributed by atoms with Crippen LogP contribution in [0.2, 0.25) is 0 Å². The Morgan fingerprint density at radius 3 is 2.70 bits per heavy atom. The van der Waals surface area contributed by atoms with Crippen LogP contribution in [0, 0.1) is 0 Å². The molecule has 0 atom stereocenters. The Balaban J connectivity index is 1.56. The van der Waals surface area contributed by atoms with E-state index in [4.69, 9.17) is 4.52 Å². The summed E-state index contributed by atoms with van der Waals surface area (Å²) in [5, 5.41) is 3.94. The Hall–Kier alpha value is -2.55. The first-order chi connectivity index (χ1) is 13.1. The van der Waals surface area contributed by atoms with Gasteiger partial charge in [0.2, 0.25) is 5.89 Å². The lowest BCUT2D eigenvalue weighted by molar-refractivity contribution is -0.0503. The fourth-order valence-corrected chi connectivity index (χ4v) is 2.99. The van der Waals surface area contributed by atoms with Gasteiger partial charge in [0.05, 0.1) is 12.1 Å². The number of hydrogen-bond acceptors (Lipinski definition) is 6. The highest BCUT2D eigenvalue weighted by atomic mass is 19.3. The summed E-state index contributed by atoms with van der Waals surface area (Å²) in [6.45, 7) is 1.85. The maximum atomic E-state index is 12.7. The number of hydrogen-bond donors (Lipinski definition) is 0. The van der Waals surface area contributed by atoms with Gasteiger partial charge in [-0.05, 0) is 18.6 Å². The SMILES string of the molecule is CCCc1noc(CN2CCN(C(=O)c3ccccc3OC(F)F)CC2)n1. The molecule has 1 aromatic carbocycles. The number of alkyl halides is 2. The number of para-hydroxylation sites is 1. The molecule has 0 N–H and O–H groups in total. The van der Waals surface area contributed by atoms with Crippen LogP contribution in [0.5, 0.6) is 5.75 Å². The zero-order chi connectivity index (χ0) is 19.2. The van der Waals surface area contributed by atoms with Crippen LogP contribution in [0.4, 0.5) is 8.78 Å². The van der Waals surface area contributed by atoms with E-state index >= 15 is 0 Å². The summed E-state index contributed by atoms with van der Waals surface area (Å²) >= 11 is 0. The van der Waals surface area contributed by atoms with Gasteiger partial charge in [0.25, 0.3) is 5.91 Å². The van der Waals surface area contributed by atoms with E-state index in [1.54, 1.807) is 17.0 Å². The predicted molar refractivity (Wildman–Crippen MR) is 92.5 cm³/mol. The highest BCUT2D eigenvalue weighted by molar-refractivity contribution is 5.97. The van der Waals surface area contributed by atoms with E-state index in [1.165, 1.54) is 12.1 Å². The summed E-state index contributed by atoms with van der Waals surface area (Å²) in [4.78, 5) is 20.8. The third-order valence-corrected chi connectivity index (χ3v) is 4.34. The number of benzene rings is 1. The molecule has 0 bridgehead atoms. The van der Waals surface area contributed by atoms with Crippen molar-refractivity contribution in [2.75, 3.05) is 26.2 Å². The van der Waals surface area contributed by atoms with Crippen LogP contribution in [-0.4, -0.2) is 58.6 Å². The monoisotopic (exact) mass is 380 g/mol. The van der Waals surface area contributed by atoms with Crippen LogP contribution in [0.1, 0.15) is 35.4 Å². The summed E-state index contributed by atoms with van der Waals surface area (Å²) in [6, 6.07) is 6.06. The average molecular weight is 380 g/mol. The quantitative estimate of drug-likeness (QED) is 0.735. The largest absolute Gasteiger partial charge is 0.434 e. The van der Waals surface area contributed by atoms with Crippen molar-refractivity contribution in [3.8, 4) is 5.75 Å². The van der Waals surface area contributed by atoms with Crippen molar-refractivity contribution < 1.29 is 22.8 Å². The number of halogens is 2. The van der Waals surface area contributed by atoms with E-state index < -0.39 is 6.61 Å². The molecule has 1 fully saturated rings. The van der Waals surface area contributed by atoms with Crippen molar-refractivity contribution in [1.82, 2.24) is 19.9 Å². The molecule has 0 radical (unpaired) electrons. The molecule has 1 aliphatic rings. The molecule has 3 rings (SSSR count). The molecule has 9 heteroatoms. The van der Waals surface area contributed by atoms with Crippen LogP contribution >= 0.6 is 0 Å². The maximum Gasteiger partial charge on any atom is 0.387 e. The highest BCUT2D eigenvalue weighted by Crippen LogP contribution is 2.22. The van der Waals surface area contributed by atoms with E-state index in [0.29, 0.717) is 44.4 Å². The van der Waals surface area contributed by atoms with Crippen molar-refractivity contribution >= 4 is 5.91 Å². The smallest absolute Gasteiger partial charge is 0.387 e. The molecule has 1 amide bonds. The number of nitrogens with zero attached hydrogens (tertiary/aromatic N) is 4.